The van der Waals surface area contributed by atoms with Crippen LogP contribution in [0.3, 0.4) is 0 Å². The predicted octanol–water partition coefficient (Wildman–Crippen LogP) is 2.71. The Hall–Kier alpha value is -1.02. The second kappa shape index (κ2) is 3.53. The van der Waals surface area contributed by atoms with Gasteiger partial charge < -0.3 is 11.1 Å². The Kier molecular flexibility index (Phi) is 2.47. The summed E-state index contributed by atoms with van der Waals surface area (Å²) in [6, 6.07) is 9.06. The summed E-state index contributed by atoms with van der Waals surface area (Å²) in [4.78, 5) is 0. The number of nitrogens with one attached hydrogen (secondary N) is 1. The summed E-state index contributed by atoms with van der Waals surface area (Å²) in [6.45, 7) is 6.49. The zero-order chi connectivity index (χ0) is 11.1. The van der Waals surface area contributed by atoms with Gasteiger partial charge in [0.25, 0.3) is 0 Å². The summed E-state index contributed by atoms with van der Waals surface area (Å²) in [5, 5.41) is 3.45. The van der Waals surface area contributed by atoms with Crippen molar-refractivity contribution in [3.05, 3.63) is 29.8 Å². The summed E-state index contributed by atoms with van der Waals surface area (Å²) in [6.07, 6.45) is 1.14. The van der Waals surface area contributed by atoms with Crippen molar-refractivity contribution in [2.24, 2.45) is 5.73 Å². The first-order valence-corrected chi connectivity index (χ1v) is 5.59. The molecule has 0 spiro atoms. The molecule has 0 saturated heterocycles. The summed E-state index contributed by atoms with van der Waals surface area (Å²) in [5.41, 5.74) is 8.50. The van der Waals surface area contributed by atoms with Gasteiger partial charge >= 0.3 is 0 Å². The number of rotatable bonds is 2. The Morgan fingerprint density at radius 2 is 1.73 bits per heavy atom. The molecule has 3 N–H and O–H groups in total. The Labute approximate surface area is 91.9 Å². The summed E-state index contributed by atoms with van der Waals surface area (Å²) in [5.74, 6) is 0.605. The minimum atomic E-state index is 0.123. The molecule has 2 rings (SSSR count). The minimum absolute atomic E-state index is 0.123. The third kappa shape index (κ3) is 2.72. The average molecular weight is 204 g/mol. The minimum Gasteiger partial charge on any atom is -0.380 e. The van der Waals surface area contributed by atoms with E-state index >= 15 is 0 Å². The van der Waals surface area contributed by atoms with Crippen LogP contribution in [0.5, 0.6) is 0 Å². The SMILES string of the molecule is CC(C)(C)Nc1ccc([C@@H]2C[C@H]2N)cc1. The molecule has 1 aromatic rings. The third-order valence-electron chi connectivity index (χ3n) is 2.70. The molecule has 0 heterocycles. The molecule has 0 aromatic heterocycles. The average Bonchev–Trinajstić information content (AvgIpc) is 2.81. The quantitative estimate of drug-likeness (QED) is 0.777. The molecular weight excluding hydrogens is 184 g/mol. The maximum atomic E-state index is 5.82. The van der Waals surface area contributed by atoms with E-state index < -0.39 is 0 Å². The standard InChI is InChI=1S/C13H20N2/c1-13(2,3)15-10-6-4-9(5-7-10)11-8-12(11)14/h4-7,11-12,15H,8,14H2,1-3H3/t11-,12+/m0/s1. The van der Waals surface area contributed by atoms with Crippen molar-refractivity contribution in [3.63, 3.8) is 0 Å². The first kappa shape index (κ1) is 10.5. The zero-order valence-electron chi connectivity index (χ0n) is 9.75. The highest BCUT2D eigenvalue weighted by Gasteiger charge is 2.34. The lowest BCUT2D eigenvalue weighted by Crippen LogP contribution is -2.25. The van der Waals surface area contributed by atoms with E-state index in [4.69, 9.17) is 5.73 Å². The molecule has 0 aliphatic heterocycles. The van der Waals surface area contributed by atoms with Crippen LogP contribution in [0.1, 0.15) is 38.7 Å². The summed E-state index contributed by atoms with van der Waals surface area (Å²) >= 11 is 0. The number of anilines is 1. The van der Waals surface area contributed by atoms with Gasteiger partial charge in [-0.2, -0.15) is 0 Å². The van der Waals surface area contributed by atoms with Crippen molar-refractivity contribution < 1.29 is 0 Å². The highest BCUT2D eigenvalue weighted by atomic mass is 14.9. The van der Waals surface area contributed by atoms with Gasteiger partial charge in [-0.25, -0.2) is 0 Å². The first-order valence-electron chi connectivity index (χ1n) is 5.59. The molecule has 1 aliphatic carbocycles. The van der Waals surface area contributed by atoms with Crippen LogP contribution in [0.25, 0.3) is 0 Å². The third-order valence-corrected chi connectivity index (χ3v) is 2.70. The lowest BCUT2D eigenvalue weighted by molar-refractivity contribution is 0.634. The van der Waals surface area contributed by atoms with E-state index in [1.54, 1.807) is 0 Å². The molecule has 2 nitrogen and oxygen atoms in total. The highest BCUT2D eigenvalue weighted by Crippen LogP contribution is 2.39. The molecule has 1 saturated carbocycles. The topological polar surface area (TPSA) is 38.0 Å². The van der Waals surface area contributed by atoms with Crippen molar-refractivity contribution in [1.29, 1.82) is 0 Å². The number of hydrogen-bond donors (Lipinski definition) is 2. The summed E-state index contributed by atoms with van der Waals surface area (Å²) < 4.78 is 0. The Balaban J connectivity index is 2.04. The fourth-order valence-electron chi connectivity index (χ4n) is 1.84. The van der Waals surface area contributed by atoms with Crippen molar-refractivity contribution in [2.45, 2.75) is 44.7 Å². The lowest BCUT2D eigenvalue weighted by atomic mass is 10.1. The van der Waals surface area contributed by atoms with Crippen molar-refractivity contribution >= 4 is 5.69 Å². The molecule has 2 atom stereocenters. The van der Waals surface area contributed by atoms with Gasteiger partial charge in [0.15, 0.2) is 0 Å². The van der Waals surface area contributed by atoms with Crippen LogP contribution in [0, 0.1) is 0 Å². The maximum absolute atomic E-state index is 5.82. The van der Waals surface area contributed by atoms with Crippen LogP contribution in [0.15, 0.2) is 24.3 Å². The van der Waals surface area contributed by atoms with Crippen LogP contribution in [-0.4, -0.2) is 11.6 Å². The van der Waals surface area contributed by atoms with Crippen LogP contribution >= 0.6 is 0 Å². The van der Waals surface area contributed by atoms with Crippen molar-refractivity contribution in [3.8, 4) is 0 Å². The van der Waals surface area contributed by atoms with Gasteiger partial charge in [-0.05, 0) is 44.9 Å². The molecule has 1 aromatic carbocycles. The number of benzene rings is 1. The van der Waals surface area contributed by atoms with Gasteiger partial charge in [-0.15, -0.1) is 0 Å². The Bertz CT molecular complexity index is 335. The smallest absolute Gasteiger partial charge is 0.0344 e. The normalized spacial score (nSPS) is 25.1. The monoisotopic (exact) mass is 204 g/mol. The molecule has 1 fully saturated rings. The predicted molar refractivity (Wildman–Crippen MR) is 65.2 cm³/mol. The van der Waals surface area contributed by atoms with E-state index in [1.807, 2.05) is 0 Å². The molecule has 1 aliphatic rings. The Morgan fingerprint density at radius 1 is 1.20 bits per heavy atom. The van der Waals surface area contributed by atoms with E-state index in [0.29, 0.717) is 12.0 Å². The van der Waals surface area contributed by atoms with E-state index in [9.17, 15) is 0 Å². The molecule has 82 valence electrons. The molecule has 0 unspecified atom stereocenters. The van der Waals surface area contributed by atoms with E-state index in [2.05, 4.69) is 50.4 Å². The fourth-order valence-corrected chi connectivity index (χ4v) is 1.84. The van der Waals surface area contributed by atoms with Gasteiger partial charge in [0, 0.05) is 23.2 Å². The number of nitrogens with two attached hydrogens (primary N) is 1. The summed E-state index contributed by atoms with van der Waals surface area (Å²) in [7, 11) is 0. The molecule has 2 heteroatoms. The van der Waals surface area contributed by atoms with Gasteiger partial charge in [-0.1, -0.05) is 12.1 Å². The Morgan fingerprint density at radius 3 is 2.13 bits per heavy atom. The first-order chi connectivity index (χ1) is 6.96. The van der Waals surface area contributed by atoms with Crippen molar-refractivity contribution in [1.82, 2.24) is 0 Å². The molecule has 0 bridgehead atoms. The number of hydrogen-bond acceptors (Lipinski definition) is 2. The fraction of sp³-hybridized carbons (Fsp3) is 0.538. The van der Waals surface area contributed by atoms with Gasteiger partial charge in [-0.3, -0.25) is 0 Å². The van der Waals surface area contributed by atoms with Crippen molar-refractivity contribution in [2.75, 3.05) is 5.32 Å². The molecule has 0 radical (unpaired) electrons. The van der Waals surface area contributed by atoms with Crippen LogP contribution in [0.4, 0.5) is 5.69 Å². The van der Waals surface area contributed by atoms with Crippen LogP contribution < -0.4 is 11.1 Å². The molecule has 0 amide bonds. The van der Waals surface area contributed by atoms with Gasteiger partial charge in [0.2, 0.25) is 0 Å². The lowest BCUT2D eigenvalue weighted by Gasteiger charge is -2.22. The highest BCUT2D eigenvalue weighted by molar-refractivity contribution is 5.47. The van der Waals surface area contributed by atoms with E-state index in [-0.39, 0.29) is 5.54 Å². The molecule has 15 heavy (non-hydrogen) atoms. The largest absolute Gasteiger partial charge is 0.380 e. The van der Waals surface area contributed by atoms with Crippen LogP contribution in [-0.2, 0) is 0 Å². The van der Waals surface area contributed by atoms with E-state index in [1.165, 1.54) is 11.3 Å². The van der Waals surface area contributed by atoms with Gasteiger partial charge in [0.1, 0.15) is 0 Å². The molecular formula is C13H20N2. The van der Waals surface area contributed by atoms with Crippen LogP contribution in [0.2, 0.25) is 0 Å². The zero-order valence-corrected chi connectivity index (χ0v) is 9.75. The maximum Gasteiger partial charge on any atom is 0.0344 e. The second-order valence-corrected chi connectivity index (χ2v) is 5.50. The van der Waals surface area contributed by atoms with E-state index in [0.717, 1.165) is 6.42 Å². The van der Waals surface area contributed by atoms with Gasteiger partial charge in [0.05, 0.1) is 0 Å². The second-order valence-electron chi connectivity index (χ2n) is 5.50.